The summed E-state index contributed by atoms with van der Waals surface area (Å²) in [7, 11) is 1.20. The van der Waals surface area contributed by atoms with E-state index in [0.717, 1.165) is 9.13 Å². The Morgan fingerprint density at radius 2 is 1.36 bits per heavy atom. The summed E-state index contributed by atoms with van der Waals surface area (Å²) in [5.41, 5.74) is -0.963. The Kier molecular flexibility index (Phi) is 8.28. The lowest BCUT2D eigenvalue weighted by Crippen LogP contribution is -2.53. The molecule has 0 aliphatic heterocycles. The fraction of sp³-hybridized carbons (Fsp3) is 0.550. The third kappa shape index (κ3) is 8.04. The zero-order valence-electron chi connectivity index (χ0n) is 17.4. The highest BCUT2D eigenvalue weighted by Crippen LogP contribution is 2.20. The van der Waals surface area contributed by atoms with E-state index in [1.165, 1.54) is 7.11 Å². The SMILES string of the molecule is COC(=O)[C@H](Cc1ccc(I)cc1)N(C(=O)OC(C)(C)C)C(=O)OC(C)(C)C. The van der Waals surface area contributed by atoms with Gasteiger partial charge in [0.2, 0.25) is 0 Å². The number of imide groups is 1. The van der Waals surface area contributed by atoms with Gasteiger partial charge in [-0.2, -0.15) is 4.90 Å². The molecule has 28 heavy (non-hydrogen) atoms. The molecule has 0 saturated carbocycles. The van der Waals surface area contributed by atoms with Crippen molar-refractivity contribution in [2.24, 2.45) is 0 Å². The maximum atomic E-state index is 12.8. The summed E-state index contributed by atoms with van der Waals surface area (Å²) in [6.07, 6.45) is -1.87. The second-order valence-corrected chi connectivity index (χ2v) is 9.45. The van der Waals surface area contributed by atoms with Crippen molar-refractivity contribution in [2.45, 2.75) is 65.2 Å². The number of benzene rings is 1. The maximum Gasteiger partial charge on any atom is 0.420 e. The van der Waals surface area contributed by atoms with Crippen LogP contribution >= 0.6 is 22.6 Å². The first-order valence-corrected chi connectivity index (χ1v) is 9.89. The smallest absolute Gasteiger partial charge is 0.420 e. The zero-order valence-corrected chi connectivity index (χ0v) is 19.5. The van der Waals surface area contributed by atoms with Crippen LogP contribution in [0.3, 0.4) is 0 Å². The monoisotopic (exact) mass is 505 g/mol. The van der Waals surface area contributed by atoms with E-state index in [1.807, 2.05) is 24.3 Å². The molecule has 0 aliphatic rings. The Hall–Kier alpha value is -1.84. The van der Waals surface area contributed by atoms with Gasteiger partial charge in [0.25, 0.3) is 0 Å². The first-order valence-electron chi connectivity index (χ1n) is 8.81. The van der Waals surface area contributed by atoms with Crippen molar-refractivity contribution in [3.05, 3.63) is 33.4 Å². The Morgan fingerprint density at radius 1 is 0.929 bits per heavy atom. The molecule has 0 fully saturated rings. The fourth-order valence-electron chi connectivity index (χ4n) is 2.21. The molecule has 0 spiro atoms. The summed E-state index contributed by atoms with van der Waals surface area (Å²) in [6, 6.07) is 6.15. The molecule has 1 atom stereocenters. The van der Waals surface area contributed by atoms with Crippen LogP contribution in [-0.4, -0.2) is 47.4 Å². The van der Waals surface area contributed by atoms with Crippen molar-refractivity contribution < 1.29 is 28.6 Å². The lowest BCUT2D eigenvalue weighted by molar-refractivity contribution is -0.146. The van der Waals surface area contributed by atoms with Gasteiger partial charge in [0, 0.05) is 9.99 Å². The number of ether oxygens (including phenoxy) is 3. The van der Waals surface area contributed by atoms with Crippen LogP contribution in [0.25, 0.3) is 0 Å². The number of halogens is 1. The molecule has 2 amide bonds. The lowest BCUT2D eigenvalue weighted by Gasteiger charge is -2.32. The predicted molar refractivity (Wildman–Crippen MR) is 113 cm³/mol. The summed E-state index contributed by atoms with van der Waals surface area (Å²) in [5, 5.41) is 0. The number of carbonyl (C=O) groups is 3. The van der Waals surface area contributed by atoms with E-state index >= 15 is 0 Å². The molecule has 0 radical (unpaired) electrons. The minimum Gasteiger partial charge on any atom is -0.467 e. The summed E-state index contributed by atoms with van der Waals surface area (Å²) in [5.74, 6) is -0.740. The van der Waals surface area contributed by atoms with E-state index in [2.05, 4.69) is 22.6 Å². The molecule has 0 unspecified atom stereocenters. The largest absolute Gasteiger partial charge is 0.467 e. The molecule has 0 saturated heterocycles. The fourth-order valence-corrected chi connectivity index (χ4v) is 2.57. The third-order valence-electron chi connectivity index (χ3n) is 3.31. The second-order valence-electron chi connectivity index (χ2n) is 8.20. The minimum absolute atomic E-state index is 0.0715. The highest BCUT2D eigenvalue weighted by Gasteiger charge is 2.41. The van der Waals surface area contributed by atoms with Crippen LogP contribution in [0.2, 0.25) is 0 Å². The Labute approximate surface area is 179 Å². The van der Waals surface area contributed by atoms with Crippen LogP contribution < -0.4 is 0 Å². The zero-order chi connectivity index (χ0) is 21.7. The van der Waals surface area contributed by atoms with Crippen LogP contribution in [0.15, 0.2) is 24.3 Å². The minimum atomic E-state index is -1.23. The van der Waals surface area contributed by atoms with Crippen LogP contribution in [0.4, 0.5) is 9.59 Å². The number of rotatable bonds is 4. The van der Waals surface area contributed by atoms with Crippen LogP contribution in [0.1, 0.15) is 47.1 Å². The molecule has 1 aromatic rings. The number of amides is 2. The van der Waals surface area contributed by atoms with Crippen molar-refractivity contribution in [2.75, 3.05) is 7.11 Å². The molecule has 0 N–H and O–H groups in total. The van der Waals surface area contributed by atoms with E-state index in [9.17, 15) is 14.4 Å². The predicted octanol–water partition coefficient (Wildman–Crippen LogP) is 4.55. The van der Waals surface area contributed by atoms with Crippen molar-refractivity contribution in [1.82, 2.24) is 4.90 Å². The first-order chi connectivity index (χ1) is 12.7. The normalized spacial score (nSPS) is 12.7. The van der Waals surface area contributed by atoms with Gasteiger partial charge < -0.3 is 14.2 Å². The Bertz CT molecular complexity index is 675. The molecular weight excluding hydrogens is 477 g/mol. The molecule has 0 heterocycles. The van der Waals surface area contributed by atoms with E-state index in [0.29, 0.717) is 4.90 Å². The molecule has 0 aliphatic carbocycles. The second kappa shape index (κ2) is 9.58. The van der Waals surface area contributed by atoms with E-state index < -0.39 is 35.4 Å². The van der Waals surface area contributed by atoms with Gasteiger partial charge in [-0.05, 0) is 81.8 Å². The lowest BCUT2D eigenvalue weighted by atomic mass is 10.1. The summed E-state index contributed by atoms with van der Waals surface area (Å²) in [4.78, 5) is 38.8. The van der Waals surface area contributed by atoms with Gasteiger partial charge in [-0.15, -0.1) is 0 Å². The maximum absolute atomic E-state index is 12.8. The van der Waals surface area contributed by atoms with Crippen molar-refractivity contribution in [3.8, 4) is 0 Å². The van der Waals surface area contributed by atoms with Crippen molar-refractivity contribution >= 4 is 40.7 Å². The van der Waals surface area contributed by atoms with Gasteiger partial charge in [0.15, 0.2) is 0 Å². The van der Waals surface area contributed by atoms with Crippen molar-refractivity contribution in [1.29, 1.82) is 0 Å². The third-order valence-corrected chi connectivity index (χ3v) is 4.03. The average molecular weight is 505 g/mol. The molecule has 0 aromatic heterocycles. The number of hydrogen-bond acceptors (Lipinski definition) is 6. The first kappa shape index (κ1) is 24.2. The van der Waals surface area contributed by atoms with E-state index in [4.69, 9.17) is 14.2 Å². The molecule has 7 nitrogen and oxygen atoms in total. The van der Waals surface area contributed by atoms with Gasteiger partial charge in [0.1, 0.15) is 17.2 Å². The van der Waals surface area contributed by atoms with Gasteiger partial charge in [0.05, 0.1) is 7.11 Å². The van der Waals surface area contributed by atoms with Crippen molar-refractivity contribution in [3.63, 3.8) is 0 Å². The summed E-state index contributed by atoms with van der Waals surface area (Å²) < 4.78 is 16.6. The van der Waals surface area contributed by atoms with Gasteiger partial charge in [-0.3, -0.25) is 0 Å². The van der Waals surface area contributed by atoms with Crippen LogP contribution in [0.5, 0.6) is 0 Å². The van der Waals surface area contributed by atoms with Gasteiger partial charge in [-0.1, -0.05) is 12.1 Å². The van der Waals surface area contributed by atoms with Crippen LogP contribution in [-0.2, 0) is 25.4 Å². The molecular formula is C20H28INO6. The average Bonchev–Trinajstić information content (AvgIpc) is 2.52. The molecule has 1 aromatic carbocycles. The highest BCUT2D eigenvalue weighted by atomic mass is 127. The van der Waals surface area contributed by atoms with Crippen LogP contribution in [0, 0.1) is 3.57 Å². The summed E-state index contributed by atoms with van der Waals surface area (Å²) in [6.45, 7) is 10.0. The van der Waals surface area contributed by atoms with E-state index in [-0.39, 0.29) is 6.42 Å². The number of esters is 1. The number of carbonyl (C=O) groups excluding carboxylic acids is 3. The topological polar surface area (TPSA) is 82.1 Å². The van der Waals surface area contributed by atoms with E-state index in [1.54, 1.807) is 41.5 Å². The molecule has 0 bridgehead atoms. The Morgan fingerprint density at radius 3 is 1.71 bits per heavy atom. The summed E-state index contributed by atoms with van der Waals surface area (Å²) >= 11 is 2.16. The highest BCUT2D eigenvalue weighted by molar-refractivity contribution is 14.1. The Balaban J connectivity index is 3.31. The number of methoxy groups -OCH3 is 1. The molecule has 156 valence electrons. The quantitative estimate of drug-likeness (QED) is 0.340. The molecule has 1 rings (SSSR count). The number of nitrogens with zero attached hydrogens (tertiary/aromatic N) is 1. The van der Waals surface area contributed by atoms with Gasteiger partial charge in [-0.25, -0.2) is 14.4 Å². The standard InChI is InChI=1S/C20H28INO6/c1-19(2,3)27-17(24)22(18(25)28-20(4,5)6)15(16(23)26-7)12-13-8-10-14(21)11-9-13/h8-11,15H,12H2,1-7H3/t15-/m0/s1. The molecule has 8 heteroatoms. The van der Waals surface area contributed by atoms with Gasteiger partial charge >= 0.3 is 18.2 Å². The number of hydrogen-bond donors (Lipinski definition) is 0.